The Hall–Kier alpha value is -1.65. The van der Waals surface area contributed by atoms with E-state index < -0.39 is 0 Å². The van der Waals surface area contributed by atoms with Gasteiger partial charge >= 0.3 is 0 Å². The number of hydrogen-bond donors (Lipinski definition) is 1. The number of hydrogen-bond acceptors (Lipinski definition) is 3. The number of benzene rings is 1. The van der Waals surface area contributed by atoms with Crippen molar-refractivity contribution in [1.82, 2.24) is 4.90 Å². The van der Waals surface area contributed by atoms with Gasteiger partial charge in [-0.25, -0.2) is 0 Å². The van der Waals surface area contributed by atoms with Gasteiger partial charge in [0.2, 0.25) is 5.91 Å². The summed E-state index contributed by atoms with van der Waals surface area (Å²) in [5.74, 6) is 0.0901. The van der Waals surface area contributed by atoms with Gasteiger partial charge in [-0.2, -0.15) is 0 Å². The van der Waals surface area contributed by atoms with Crippen molar-refractivity contribution in [3.8, 4) is 0 Å². The molecule has 1 amide bonds. The molecule has 1 aromatic rings. The molecule has 0 radical (unpaired) electrons. The summed E-state index contributed by atoms with van der Waals surface area (Å²) < 4.78 is 5.53. The minimum Gasteiger partial charge on any atom is -0.393 e. The van der Waals surface area contributed by atoms with Crippen molar-refractivity contribution >= 4 is 11.5 Å². The number of aliphatic hydroxyl groups excluding tert-OH is 1. The van der Waals surface area contributed by atoms with Crippen LogP contribution in [-0.2, 0) is 9.53 Å². The van der Waals surface area contributed by atoms with Crippen LogP contribution in [0.1, 0.15) is 31.7 Å². The molecular weight excluding hydrogens is 290 g/mol. The number of ether oxygens (including phenoxy) is 1. The van der Waals surface area contributed by atoms with E-state index in [4.69, 9.17) is 4.74 Å². The second kappa shape index (κ2) is 7.28. The fraction of sp³-hybridized carbons (Fsp3) is 0.526. The molecule has 2 fully saturated rings. The first kappa shape index (κ1) is 16.2. The third-order valence-electron chi connectivity index (χ3n) is 5.01. The minimum atomic E-state index is -0.360. The van der Waals surface area contributed by atoms with E-state index in [1.807, 2.05) is 42.2 Å². The van der Waals surface area contributed by atoms with E-state index in [1.165, 1.54) is 0 Å². The predicted molar refractivity (Wildman–Crippen MR) is 89.8 cm³/mol. The van der Waals surface area contributed by atoms with Crippen molar-refractivity contribution in [2.45, 2.75) is 38.3 Å². The van der Waals surface area contributed by atoms with E-state index in [0.29, 0.717) is 19.6 Å². The molecule has 2 aliphatic rings. The van der Waals surface area contributed by atoms with Crippen LogP contribution in [0.3, 0.4) is 0 Å². The highest BCUT2D eigenvalue weighted by atomic mass is 16.5. The summed E-state index contributed by atoms with van der Waals surface area (Å²) in [5, 5.41) is 10.3. The fourth-order valence-electron chi connectivity index (χ4n) is 3.68. The van der Waals surface area contributed by atoms with Gasteiger partial charge in [0.15, 0.2) is 0 Å². The van der Waals surface area contributed by atoms with E-state index in [-0.39, 0.29) is 24.0 Å². The van der Waals surface area contributed by atoms with Crippen LogP contribution in [0.2, 0.25) is 0 Å². The molecule has 124 valence electrons. The van der Waals surface area contributed by atoms with E-state index >= 15 is 0 Å². The van der Waals surface area contributed by atoms with Crippen LogP contribution < -0.4 is 0 Å². The SMILES string of the molecule is C/C(=C\C(=O)N1CCCC1C1COCCC1O)c1ccccc1. The van der Waals surface area contributed by atoms with E-state index in [2.05, 4.69) is 0 Å². The van der Waals surface area contributed by atoms with Crippen molar-refractivity contribution in [2.75, 3.05) is 19.8 Å². The number of carbonyl (C=O) groups excluding carboxylic acids is 1. The molecule has 4 heteroatoms. The maximum absolute atomic E-state index is 12.7. The summed E-state index contributed by atoms with van der Waals surface area (Å²) in [6.45, 7) is 3.91. The molecule has 0 aliphatic carbocycles. The smallest absolute Gasteiger partial charge is 0.247 e. The fourth-order valence-corrected chi connectivity index (χ4v) is 3.68. The van der Waals surface area contributed by atoms with Crippen molar-refractivity contribution in [3.05, 3.63) is 42.0 Å². The van der Waals surface area contributed by atoms with Gasteiger partial charge in [-0.05, 0) is 37.3 Å². The number of nitrogens with zero attached hydrogens (tertiary/aromatic N) is 1. The molecule has 2 aliphatic heterocycles. The monoisotopic (exact) mass is 315 g/mol. The highest BCUT2D eigenvalue weighted by Crippen LogP contribution is 2.30. The van der Waals surface area contributed by atoms with Gasteiger partial charge in [0.05, 0.1) is 12.7 Å². The normalized spacial score (nSPS) is 28.9. The van der Waals surface area contributed by atoms with Crippen LogP contribution in [0.25, 0.3) is 5.57 Å². The zero-order valence-corrected chi connectivity index (χ0v) is 13.6. The molecular formula is C19H25NO3. The highest BCUT2D eigenvalue weighted by Gasteiger charge is 2.39. The molecule has 3 unspecified atom stereocenters. The lowest BCUT2D eigenvalue weighted by Crippen LogP contribution is -2.47. The number of amides is 1. The quantitative estimate of drug-likeness (QED) is 0.872. The van der Waals surface area contributed by atoms with Crippen LogP contribution in [0.15, 0.2) is 36.4 Å². The lowest BCUT2D eigenvalue weighted by Gasteiger charge is -2.36. The maximum Gasteiger partial charge on any atom is 0.247 e. The Balaban J connectivity index is 1.73. The van der Waals surface area contributed by atoms with Crippen LogP contribution in [0.4, 0.5) is 0 Å². The topological polar surface area (TPSA) is 49.8 Å². The summed E-state index contributed by atoms with van der Waals surface area (Å²) in [4.78, 5) is 14.6. The van der Waals surface area contributed by atoms with E-state index in [1.54, 1.807) is 6.08 Å². The Morgan fingerprint density at radius 1 is 1.30 bits per heavy atom. The average Bonchev–Trinajstić information content (AvgIpc) is 3.05. The molecule has 0 bridgehead atoms. The first-order chi connectivity index (χ1) is 11.2. The molecule has 3 atom stereocenters. The molecule has 0 aromatic heterocycles. The summed E-state index contributed by atoms with van der Waals surface area (Å²) in [5.41, 5.74) is 2.04. The predicted octanol–water partition coefficient (Wildman–Crippen LogP) is 2.48. The second-order valence-corrected chi connectivity index (χ2v) is 6.53. The Morgan fingerprint density at radius 3 is 2.83 bits per heavy atom. The molecule has 0 saturated carbocycles. The standard InChI is InChI=1S/C19H25NO3/c1-14(15-6-3-2-4-7-15)12-19(22)20-10-5-8-17(20)16-13-23-11-9-18(16)21/h2-4,6-7,12,16-18,21H,5,8-11,13H2,1H3/b14-12+. The molecule has 0 spiro atoms. The van der Waals surface area contributed by atoms with Gasteiger partial charge < -0.3 is 14.7 Å². The third kappa shape index (κ3) is 3.65. The third-order valence-corrected chi connectivity index (χ3v) is 5.01. The van der Waals surface area contributed by atoms with Gasteiger partial charge in [0, 0.05) is 31.2 Å². The minimum absolute atomic E-state index is 0.0423. The van der Waals surface area contributed by atoms with Gasteiger partial charge in [-0.1, -0.05) is 30.3 Å². The summed E-state index contributed by atoms with van der Waals surface area (Å²) >= 11 is 0. The lowest BCUT2D eigenvalue weighted by atomic mass is 9.89. The molecule has 23 heavy (non-hydrogen) atoms. The molecule has 1 aromatic carbocycles. The zero-order valence-electron chi connectivity index (χ0n) is 13.6. The molecule has 4 nitrogen and oxygen atoms in total. The molecule has 2 saturated heterocycles. The summed E-state index contributed by atoms with van der Waals surface area (Å²) in [7, 11) is 0. The van der Waals surface area contributed by atoms with Gasteiger partial charge in [0.25, 0.3) is 0 Å². The van der Waals surface area contributed by atoms with Crippen molar-refractivity contribution in [2.24, 2.45) is 5.92 Å². The van der Waals surface area contributed by atoms with Gasteiger partial charge in [0.1, 0.15) is 0 Å². The van der Waals surface area contributed by atoms with Crippen LogP contribution in [0.5, 0.6) is 0 Å². The Morgan fingerprint density at radius 2 is 2.09 bits per heavy atom. The van der Waals surface area contributed by atoms with Gasteiger partial charge in [-0.3, -0.25) is 4.79 Å². The summed E-state index contributed by atoms with van der Waals surface area (Å²) in [6.07, 6.45) is 3.99. The lowest BCUT2D eigenvalue weighted by molar-refractivity contribution is -0.131. The average molecular weight is 315 g/mol. The zero-order chi connectivity index (χ0) is 16.2. The first-order valence-corrected chi connectivity index (χ1v) is 8.47. The van der Waals surface area contributed by atoms with E-state index in [9.17, 15) is 9.90 Å². The van der Waals surface area contributed by atoms with Crippen molar-refractivity contribution in [3.63, 3.8) is 0 Å². The van der Waals surface area contributed by atoms with E-state index in [0.717, 1.165) is 30.5 Å². The highest BCUT2D eigenvalue weighted by molar-refractivity contribution is 5.95. The Kier molecular flexibility index (Phi) is 5.13. The van der Waals surface area contributed by atoms with Crippen LogP contribution >= 0.6 is 0 Å². The second-order valence-electron chi connectivity index (χ2n) is 6.53. The van der Waals surface area contributed by atoms with Crippen molar-refractivity contribution in [1.29, 1.82) is 0 Å². The largest absolute Gasteiger partial charge is 0.393 e. The van der Waals surface area contributed by atoms with Crippen molar-refractivity contribution < 1.29 is 14.6 Å². The van der Waals surface area contributed by atoms with Crippen LogP contribution in [-0.4, -0.2) is 47.8 Å². The molecule has 1 N–H and O–H groups in total. The number of aliphatic hydroxyl groups is 1. The number of carbonyl (C=O) groups is 1. The molecule has 3 rings (SSSR count). The van der Waals surface area contributed by atoms with Crippen LogP contribution in [0, 0.1) is 5.92 Å². The first-order valence-electron chi connectivity index (χ1n) is 8.47. The number of rotatable bonds is 3. The Labute approximate surface area is 137 Å². The molecule has 2 heterocycles. The maximum atomic E-state index is 12.7. The number of allylic oxidation sites excluding steroid dienone is 1. The summed E-state index contributed by atoms with van der Waals surface area (Å²) in [6, 6.07) is 10.0. The van der Waals surface area contributed by atoms with Gasteiger partial charge in [-0.15, -0.1) is 0 Å². The Bertz CT molecular complexity index is 569. The number of likely N-dealkylation sites (tertiary alicyclic amines) is 1.